The molecule has 0 aliphatic heterocycles. The zero-order valence-corrected chi connectivity index (χ0v) is 12.0. The molecule has 1 aliphatic carbocycles. The normalized spacial score (nSPS) is 16.3. The Morgan fingerprint density at radius 2 is 1.94 bits per heavy atom. The molecule has 1 amide bonds. The molecule has 5 heteroatoms. The van der Waals surface area contributed by atoms with E-state index in [2.05, 4.69) is 20.9 Å². The zero-order valence-electron chi connectivity index (χ0n) is 12.0. The summed E-state index contributed by atoms with van der Waals surface area (Å²) in [7, 11) is 0. The van der Waals surface area contributed by atoms with Crippen LogP contribution in [-0.4, -0.2) is 37.0 Å². The maximum Gasteiger partial charge on any atom is 0.242 e. The van der Waals surface area contributed by atoms with Gasteiger partial charge in [-0.2, -0.15) is 0 Å². The van der Waals surface area contributed by atoms with E-state index in [9.17, 15) is 4.79 Å². The van der Waals surface area contributed by atoms with Crippen LogP contribution in [0.5, 0.6) is 0 Å². The lowest BCUT2D eigenvalue weighted by Gasteiger charge is -2.20. The lowest BCUT2D eigenvalue weighted by Crippen LogP contribution is -2.43. The molecule has 0 spiro atoms. The summed E-state index contributed by atoms with van der Waals surface area (Å²) in [5.41, 5.74) is -0.202. The average Bonchev–Trinajstić information content (AvgIpc) is 3.03. The van der Waals surface area contributed by atoms with Gasteiger partial charge in [0.25, 0.3) is 0 Å². The highest BCUT2D eigenvalue weighted by Crippen LogP contribution is 2.27. The fraction of sp³-hybridized carbons (Fsp3) is 0.846. The summed E-state index contributed by atoms with van der Waals surface area (Å²) in [5.74, 6) is 1.47. The van der Waals surface area contributed by atoms with Gasteiger partial charge in [0.1, 0.15) is 6.54 Å². The first-order chi connectivity index (χ1) is 8.40. The number of hydrogen-bond donors (Lipinski definition) is 3. The third-order valence-corrected chi connectivity index (χ3v) is 2.49. The Kier molecular flexibility index (Phi) is 5.44. The number of nitrogens with zero attached hydrogens (tertiary/aromatic N) is 1. The molecule has 5 nitrogen and oxygen atoms in total. The fourth-order valence-corrected chi connectivity index (χ4v) is 1.51. The van der Waals surface area contributed by atoms with Crippen LogP contribution in [0.15, 0.2) is 4.99 Å². The summed E-state index contributed by atoms with van der Waals surface area (Å²) in [6, 6.07) is 0. The highest BCUT2D eigenvalue weighted by molar-refractivity contribution is 5.85. The molecule has 0 bridgehead atoms. The Balaban J connectivity index is 2.35. The molecule has 0 unspecified atom stereocenters. The SMILES string of the molecule is CCNC(=NCC(=O)NC(C)(C)C)NCC1CC1. The molecule has 0 aromatic carbocycles. The highest BCUT2D eigenvalue weighted by Gasteiger charge is 2.21. The Morgan fingerprint density at radius 1 is 1.28 bits per heavy atom. The van der Waals surface area contributed by atoms with E-state index in [4.69, 9.17) is 0 Å². The van der Waals surface area contributed by atoms with Crippen molar-refractivity contribution < 1.29 is 4.79 Å². The molecule has 0 saturated heterocycles. The van der Waals surface area contributed by atoms with Crippen LogP contribution in [-0.2, 0) is 4.79 Å². The van der Waals surface area contributed by atoms with Crippen LogP contribution < -0.4 is 16.0 Å². The Morgan fingerprint density at radius 3 is 2.44 bits per heavy atom. The molecule has 0 aromatic rings. The van der Waals surface area contributed by atoms with Gasteiger partial charge in [-0.1, -0.05) is 0 Å². The summed E-state index contributed by atoms with van der Waals surface area (Å²) in [4.78, 5) is 15.9. The molecule has 18 heavy (non-hydrogen) atoms. The van der Waals surface area contributed by atoms with Crippen molar-refractivity contribution in [2.45, 2.75) is 46.1 Å². The summed E-state index contributed by atoms with van der Waals surface area (Å²) >= 11 is 0. The van der Waals surface area contributed by atoms with E-state index < -0.39 is 0 Å². The number of guanidine groups is 1. The maximum atomic E-state index is 11.6. The Labute approximate surface area is 110 Å². The van der Waals surface area contributed by atoms with E-state index >= 15 is 0 Å². The number of amides is 1. The minimum atomic E-state index is -0.202. The van der Waals surface area contributed by atoms with E-state index in [0.717, 1.165) is 25.0 Å². The van der Waals surface area contributed by atoms with Crippen molar-refractivity contribution in [1.82, 2.24) is 16.0 Å². The van der Waals surface area contributed by atoms with Gasteiger partial charge in [-0.15, -0.1) is 0 Å². The van der Waals surface area contributed by atoms with Gasteiger partial charge in [0.2, 0.25) is 5.91 Å². The smallest absolute Gasteiger partial charge is 0.242 e. The van der Waals surface area contributed by atoms with E-state index in [1.54, 1.807) is 0 Å². The van der Waals surface area contributed by atoms with Crippen LogP contribution in [0.25, 0.3) is 0 Å². The Hall–Kier alpha value is -1.26. The molecule has 1 saturated carbocycles. The predicted molar refractivity (Wildman–Crippen MR) is 74.6 cm³/mol. The van der Waals surface area contributed by atoms with Crippen LogP contribution in [0.2, 0.25) is 0 Å². The van der Waals surface area contributed by atoms with E-state index in [1.165, 1.54) is 12.8 Å². The van der Waals surface area contributed by atoms with Crippen molar-refractivity contribution in [3.63, 3.8) is 0 Å². The molecule has 0 aromatic heterocycles. The molecule has 1 fully saturated rings. The Bertz CT molecular complexity index is 303. The average molecular weight is 254 g/mol. The summed E-state index contributed by atoms with van der Waals surface area (Å²) in [6.07, 6.45) is 2.60. The zero-order chi connectivity index (χ0) is 13.6. The first-order valence-corrected chi connectivity index (χ1v) is 6.74. The second-order valence-corrected chi connectivity index (χ2v) is 5.82. The maximum absolute atomic E-state index is 11.6. The van der Waals surface area contributed by atoms with Crippen molar-refractivity contribution in [1.29, 1.82) is 0 Å². The molecule has 0 radical (unpaired) electrons. The number of aliphatic imine (C=N–C) groups is 1. The highest BCUT2D eigenvalue weighted by atomic mass is 16.2. The third kappa shape index (κ3) is 7.14. The third-order valence-electron chi connectivity index (χ3n) is 2.49. The summed E-state index contributed by atoms with van der Waals surface area (Å²) in [6.45, 7) is 9.83. The van der Waals surface area contributed by atoms with Crippen molar-refractivity contribution in [2.24, 2.45) is 10.9 Å². The summed E-state index contributed by atoms with van der Waals surface area (Å²) in [5, 5.41) is 9.29. The number of carbonyl (C=O) groups is 1. The van der Waals surface area contributed by atoms with Crippen LogP contribution in [0.3, 0.4) is 0 Å². The van der Waals surface area contributed by atoms with Gasteiger partial charge in [0.15, 0.2) is 5.96 Å². The van der Waals surface area contributed by atoms with Crippen molar-refractivity contribution in [2.75, 3.05) is 19.6 Å². The van der Waals surface area contributed by atoms with Crippen LogP contribution >= 0.6 is 0 Å². The largest absolute Gasteiger partial charge is 0.357 e. The van der Waals surface area contributed by atoms with E-state index in [1.807, 2.05) is 27.7 Å². The molecule has 1 rings (SSSR count). The van der Waals surface area contributed by atoms with Gasteiger partial charge in [0, 0.05) is 18.6 Å². The quantitative estimate of drug-likeness (QED) is 0.504. The van der Waals surface area contributed by atoms with E-state index in [-0.39, 0.29) is 18.0 Å². The lowest BCUT2D eigenvalue weighted by molar-refractivity contribution is -0.121. The van der Waals surface area contributed by atoms with E-state index in [0.29, 0.717) is 0 Å². The van der Waals surface area contributed by atoms with Gasteiger partial charge >= 0.3 is 0 Å². The minimum absolute atomic E-state index is 0.0499. The van der Waals surface area contributed by atoms with Crippen molar-refractivity contribution >= 4 is 11.9 Å². The number of rotatable bonds is 5. The number of nitrogens with one attached hydrogen (secondary N) is 3. The summed E-state index contributed by atoms with van der Waals surface area (Å²) < 4.78 is 0. The second-order valence-electron chi connectivity index (χ2n) is 5.82. The second kappa shape index (κ2) is 6.61. The van der Waals surface area contributed by atoms with Gasteiger partial charge < -0.3 is 16.0 Å². The molecular weight excluding hydrogens is 228 g/mol. The molecule has 0 heterocycles. The topological polar surface area (TPSA) is 65.5 Å². The van der Waals surface area contributed by atoms with Gasteiger partial charge in [-0.05, 0) is 46.5 Å². The first kappa shape index (κ1) is 14.8. The van der Waals surface area contributed by atoms with Gasteiger partial charge in [0.05, 0.1) is 0 Å². The number of hydrogen-bond acceptors (Lipinski definition) is 2. The van der Waals surface area contributed by atoms with Crippen molar-refractivity contribution in [3.05, 3.63) is 0 Å². The number of carbonyl (C=O) groups excluding carboxylic acids is 1. The molecule has 3 N–H and O–H groups in total. The van der Waals surface area contributed by atoms with Crippen LogP contribution in [0, 0.1) is 5.92 Å². The standard InChI is InChI=1S/C13H26N4O/c1-5-14-12(15-8-10-6-7-10)16-9-11(18)17-13(2,3)4/h10H,5-9H2,1-4H3,(H,17,18)(H2,14,15,16). The predicted octanol–water partition coefficient (Wildman–Crippen LogP) is 0.866. The fourth-order valence-electron chi connectivity index (χ4n) is 1.51. The lowest BCUT2D eigenvalue weighted by atomic mass is 10.1. The monoisotopic (exact) mass is 254 g/mol. The first-order valence-electron chi connectivity index (χ1n) is 6.74. The van der Waals surface area contributed by atoms with Crippen molar-refractivity contribution in [3.8, 4) is 0 Å². The van der Waals surface area contributed by atoms with Gasteiger partial charge in [-0.3, -0.25) is 4.79 Å². The van der Waals surface area contributed by atoms with Crippen LogP contribution in [0.4, 0.5) is 0 Å². The molecule has 104 valence electrons. The van der Waals surface area contributed by atoms with Gasteiger partial charge in [-0.25, -0.2) is 4.99 Å². The minimum Gasteiger partial charge on any atom is -0.357 e. The molecule has 0 atom stereocenters. The molecular formula is C13H26N4O. The molecule has 1 aliphatic rings. The van der Waals surface area contributed by atoms with Crippen LogP contribution in [0.1, 0.15) is 40.5 Å².